The molecule has 4 nitrogen and oxygen atoms in total. The Balaban J connectivity index is 1.81. The molecule has 1 heterocycles. The van der Waals surface area contributed by atoms with E-state index >= 15 is 0 Å². The van der Waals surface area contributed by atoms with E-state index in [1.54, 1.807) is 11.3 Å². The van der Waals surface area contributed by atoms with Gasteiger partial charge in [-0.25, -0.2) is 4.98 Å². The van der Waals surface area contributed by atoms with E-state index < -0.39 is 0 Å². The predicted molar refractivity (Wildman–Crippen MR) is 104 cm³/mol. The molecule has 0 radical (unpaired) electrons. The van der Waals surface area contributed by atoms with Crippen LogP contribution in [0.4, 0.5) is 0 Å². The molecule has 0 fully saturated rings. The van der Waals surface area contributed by atoms with Crippen LogP contribution in [0.15, 0.2) is 35.3 Å². The normalized spacial score (nSPS) is 11.5. The molecule has 1 aromatic heterocycles. The van der Waals surface area contributed by atoms with Gasteiger partial charge in [-0.2, -0.15) is 0 Å². The van der Waals surface area contributed by atoms with Crippen molar-refractivity contribution in [3.63, 3.8) is 0 Å². The molecule has 0 bridgehead atoms. The van der Waals surface area contributed by atoms with E-state index in [1.807, 2.05) is 6.07 Å². The topological polar surface area (TPSA) is 49.3 Å². The highest BCUT2D eigenvalue weighted by molar-refractivity contribution is 7.11. The number of hydrogen-bond acceptors (Lipinski definition) is 3. The van der Waals surface area contributed by atoms with Crippen molar-refractivity contribution < 1.29 is 0 Å². The highest BCUT2D eigenvalue weighted by Crippen LogP contribution is 2.18. The fraction of sp³-hybridized carbons (Fsp3) is 0.474. The van der Waals surface area contributed by atoms with Crippen molar-refractivity contribution in [1.82, 2.24) is 15.6 Å². The lowest BCUT2D eigenvalue weighted by Crippen LogP contribution is -2.38. The van der Waals surface area contributed by atoms with Crippen LogP contribution in [0.25, 0.3) is 0 Å². The maximum Gasteiger partial charge on any atom is 0.191 e. The van der Waals surface area contributed by atoms with Crippen molar-refractivity contribution in [2.75, 3.05) is 19.6 Å². The first-order chi connectivity index (χ1) is 11.7. The summed E-state index contributed by atoms with van der Waals surface area (Å²) >= 11 is 1.80. The number of aliphatic imine (C=N–C) groups is 1. The molecule has 1 aromatic carbocycles. The molecule has 5 heteroatoms. The molecule has 130 valence electrons. The minimum absolute atomic E-state index is 0.761. The summed E-state index contributed by atoms with van der Waals surface area (Å²) in [6.07, 6.45) is 2.91. The summed E-state index contributed by atoms with van der Waals surface area (Å²) in [4.78, 5) is 10.7. The van der Waals surface area contributed by atoms with Gasteiger partial charge in [0.2, 0.25) is 0 Å². The molecule has 0 aliphatic heterocycles. The Labute approximate surface area is 149 Å². The Morgan fingerprint density at radius 2 is 1.92 bits per heavy atom. The van der Waals surface area contributed by atoms with E-state index in [0.717, 1.165) is 44.9 Å². The molecule has 0 saturated carbocycles. The van der Waals surface area contributed by atoms with Gasteiger partial charge in [0.25, 0.3) is 0 Å². The van der Waals surface area contributed by atoms with Crippen LogP contribution in [0.2, 0.25) is 0 Å². The van der Waals surface area contributed by atoms with Gasteiger partial charge in [0.15, 0.2) is 5.96 Å². The summed E-state index contributed by atoms with van der Waals surface area (Å²) in [5.74, 6) is 0.887. The molecular weight excluding hydrogens is 316 g/mol. The molecule has 0 atom stereocenters. The number of thiazole rings is 1. The SMILES string of the molecule is CCNC(=NCCc1nc(CC)c(C)s1)NCCc1ccccc1. The Kier molecular flexibility index (Phi) is 7.75. The third-order valence-corrected chi connectivity index (χ3v) is 4.83. The van der Waals surface area contributed by atoms with Crippen LogP contribution in [0.3, 0.4) is 0 Å². The molecule has 2 aromatic rings. The van der Waals surface area contributed by atoms with Crippen LogP contribution in [0, 0.1) is 6.92 Å². The number of aryl methyl sites for hydroxylation is 2. The van der Waals surface area contributed by atoms with E-state index in [2.05, 4.69) is 65.6 Å². The van der Waals surface area contributed by atoms with Gasteiger partial charge in [-0.3, -0.25) is 4.99 Å². The van der Waals surface area contributed by atoms with E-state index in [4.69, 9.17) is 0 Å². The van der Waals surface area contributed by atoms with Crippen LogP contribution < -0.4 is 10.6 Å². The van der Waals surface area contributed by atoms with Crippen LogP contribution in [0.1, 0.15) is 35.0 Å². The minimum atomic E-state index is 0.761. The van der Waals surface area contributed by atoms with Crippen molar-refractivity contribution in [3.05, 3.63) is 51.5 Å². The van der Waals surface area contributed by atoms with E-state index in [1.165, 1.54) is 21.1 Å². The van der Waals surface area contributed by atoms with E-state index in [9.17, 15) is 0 Å². The number of benzene rings is 1. The number of aromatic nitrogens is 1. The molecule has 0 spiro atoms. The lowest BCUT2D eigenvalue weighted by molar-refractivity contribution is 0.795. The highest BCUT2D eigenvalue weighted by atomic mass is 32.1. The summed E-state index contributed by atoms with van der Waals surface area (Å²) in [7, 11) is 0. The average Bonchev–Trinajstić information content (AvgIpc) is 2.95. The summed E-state index contributed by atoms with van der Waals surface area (Å²) in [6, 6.07) is 10.5. The van der Waals surface area contributed by atoms with Gasteiger partial charge in [-0.15, -0.1) is 11.3 Å². The second-order valence-corrected chi connectivity index (χ2v) is 6.92. The third kappa shape index (κ3) is 5.96. The average molecular weight is 345 g/mol. The zero-order chi connectivity index (χ0) is 17.2. The molecule has 0 aliphatic carbocycles. The lowest BCUT2D eigenvalue weighted by Gasteiger charge is -2.11. The Morgan fingerprint density at radius 1 is 1.12 bits per heavy atom. The first-order valence-electron chi connectivity index (χ1n) is 8.74. The van der Waals surface area contributed by atoms with Gasteiger partial charge in [0.1, 0.15) is 0 Å². The second kappa shape index (κ2) is 10.1. The first-order valence-corrected chi connectivity index (χ1v) is 9.55. The molecular formula is C19H28N4S. The highest BCUT2D eigenvalue weighted by Gasteiger charge is 2.05. The van der Waals surface area contributed by atoms with Gasteiger partial charge < -0.3 is 10.6 Å². The quantitative estimate of drug-likeness (QED) is 0.570. The number of hydrogen-bond donors (Lipinski definition) is 2. The van der Waals surface area contributed by atoms with Crippen molar-refractivity contribution in [3.8, 4) is 0 Å². The molecule has 0 aliphatic rings. The van der Waals surface area contributed by atoms with Crippen LogP contribution in [-0.2, 0) is 19.3 Å². The fourth-order valence-corrected chi connectivity index (χ4v) is 3.51. The summed E-state index contributed by atoms with van der Waals surface area (Å²) in [5, 5.41) is 7.90. The van der Waals surface area contributed by atoms with Crippen molar-refractivity contribution in [2.45, 2.75) is 40.0 Å². The Hall–Kier alpha value is -1.88. The summed E-state index contributed by atoms with van der Waals surface area (Å²) in [6.45, 7) is 8.91. The number of guanidine groups is 1. The zero-order valence-corrected chi connectivity index (χ0v) is 15.7. The Morgan fingerprint density at radius 3 is 2.58 bits per heavy atom. The van der Waals surface area contributed by atoms with Crippen molar-refractivity contribution >= 4 is 17.3 Å². The van der Waals surface area contributed by atoms with Gasteiger partial charge in [0, 0.05) is 30.9 Å². The number of nitrogens with one attached hydrogen (secondary N) is 2. The fourth-order valence-electron chi connectivity index (χ4n) is 2.50. The maximum absolute atomic E-state index is 4.68. The second-order valence-electron chi connectivity index (χ2n) is 5.64. The largest absolute Gasteiger partial charge is 0.357 e. The number of nitrogens with zero attached hydrogens (tertiary/aromatic N) is 2. The standard InChI is InChI=1S/C19H28N4S/c1-4-17-15(3)24-18(23-17)12-14-22-19(20-5-2)21-13-11-16-9-7-6-8-10-16/h6-10H,4-5,11-14H2,1-3H3,(H2,20,21,22). The summed E-state index contributed by atoms with van der Waals surface area (Å²) in [5.41, 5.74) is 2.57. The van der Waals surface area contributed by atoms with E-state index in [0.29, 0.717) is 0 Å². The van der Waals surface area contributed by atoms with Gasteiger partial charge in [-0.05, 0) is 32.3 Å². The molecule has 0 amide bonds. The van der Waals surface area contributed by atoms with Gasteiger partial charge in [-0.1, -0.05) is 37.3 Å². The number of rotatable bonds is 8. The lowest BCUT2D eigenvalue weighted by atomic mass is 10.1. The molecule has 0 unspecified atom stereocenters. The van der Waals surface area contributed by atoms with Crippen LogP contribution in [-0.4, -0.2) is 30.6 Å². The maximum atomic E-state index is 4.68. The molecule has 24 heavy (non-hydrogen) atoms. The minimum Gasteiger partial charge on any atom is -0.357 e. The van der Waals surface area contributed by atoms with Crippen molar-refractivity contribution in [1.29, 1.82) is 0 Å². The first kappa shape index (κ1) is 18.5. The Bertz CT molecular complexity index is 634. The molecule has 2 rings (SSSR count). The zero-order valence-electron chi connectivity index (χ0n) is 14.9. The summed E-state index contributed by atoms with van der Waals surface area (Å²) < 4.78 is 0. The molecule has 2 N–H and O–H groups in total. The third-order valence-electron chi connectivity index (χ3n) is 3.76. The van der Waals surface area contributed by atoms with Crippen LogP contribution >= 0.6 is 11.3 Å². The monoisotopic (exact) mass is 344 g/mol. The van der Waals surface area contributed by atoms with Crippen molar-refractivity contribution in [2.24, 2.45) is 4.99 Å². The van der Waals surface area contributed by atoms with E-state index in [-0.39, 0.29) is 0 Å². The van der Waals surface area contributed by atoms with Gasteiger partial charge >= 0.3 is 0 Å². The molecule has 0 saturated heterocycles. The smallest absolute Gasteiger partial charge is 0.191 e. The van der Waals surface area contributed by atoms with Crippen LogP contribution in [0.5, 0.6) is 0 Å². The van der Waals surface area contributed by atoms with Gasteiger partial charge in [0.05, 0.1) is 10.7 Å². The predicted octanol–water partition coefficient (Wildman–Crippen LogP) is 3.35.